The quantitative estimate of drug-likeness (QED) is 0.414. The van der Waals surface area contributed by atoms with Gasteiger partial charge in [0.1, 0.15) is 18.2 Å². The fourth-order valence-electron chi connectivity index (χ4n) is 3.61. The molecule has 0 radical (unpaired) electrons. The fourth-order valence-corrected chi connectivity index (χ4v) is 3.61. The Kier molecular flexibility index (Phi) is 5.61. The number of para-hydroxylation sites is 2. The Labute approximate surface area is 176 Å². The van der Waals surface area contributed by atoms with Gasteiger partial charge in [-0.1, -0.05) is 24.3 Å². The molecule has 5 heteroatoms. The molecule has 3 aromatic carbocycles. The van der Waals surface area contributed by atoms with Crippen LogP contribution >= 0.6 is 0 Å². The standard InChI is InChI=1S/C25H26N2O3/c1-17-9-10-18(2)23(15-17)30-14-13-27-21-8-6-5-7-20(21)26-25(27)19-11-12-22(28-3)24(16-19)29-4/h5-12,15-16H,13-14H2,1-4H3. The third-order valence-corrected chi connectivity index (χ3v) is 5.21. The average molecular weight is 402 g/mol. The number of ether oxygens (including phenoxy) is 3. The largest absolute Gasteiger partial charge is 0.493 e. The molecule has 154 valence electrons. The van der Waals surface area contributed by atoms with Gasteiger partial charge in [0.05, 0.1) is 31.8 Å². The number of methoxy groups -OCH3 is 2. The van der Waals surface area contributed by atoms with Crippen molar-refractivity contribution in [3.8, 4) is 28.6 Å². The van der Waals surface area contributed by atoms with Gasteiger partial charge in [-0.3, -0.25) is 0 Å². The first-order valence-corrected chi connectivity index (χ1v) is 9.98. The van der Waals surface area contributed by atoms with E-state index in [0.717, 1.165) is 33.7 Å². The molecule has 5 nitrogen and oxygen atoms in total. The van der Waals surface area contributed by atoms with Gasteiger partial charge in [0.25, 0.3) is 0 Å². The highest BCUT2D eigenvalue weighted by molar-refractivity contribution is 5.81. The molecular formula is C25H26N2O3. The molecule has 30 heavy (non-hydrogen) atoms. The summed E-state index contributed by atoms with van der Waals surface area (Å²) in [5.74, 6) is 3.18. The van der Waals surface area contributed by atoms with Crippen LogP contribution in [0.25, 0.3) is 22.4 Å². The normalized spacial score (nSPS) is 10.9. The predicted molar refractivity (Wildman–Crippen MR) is 120 cm³/mol. The van der Waals surface area contributed by atoms with Gasteiger partial charge in [-0.25, -0.2) is 4.98 Å². The first kappa shape index (κ1) is 19.8. The van der Waals surface area contributed by atoms with Crippen LogP contribution in [-0.2, 0) is 6.54 Å². The van der Waals surface area contributed by atoms with Crippen molar-refractivity contribution in [2.24, 2.45) is 0 Å². The summed E-state index contributed by atoms with van der Waals surface area (Å²) in [6, 6.07) is 20.3. The summed E-state index contributed by atoms with van der Waals surface area (Å²) in [5, 5.41) is 0. The number of hydrogen-bond acceptors (Lipinski definition) is 4. The molecule has 0 atom stereocenters. The van der Waals surface area contributed by atoms with Crippen LogP contribution in [0.3, 0.4) is 0 Å². The molecule has 0 saturated heterocycles. The third-order valence-electron chi connectivity index (χ3n) is 5.21. The second-order valence-electron chi connectivity index (χ2n) is 7.26. The zero-order valence-corrected chi connectivity index (χ0v) is 17.8. The van der Waals surface area contributed by atoms with Crippen molar-refractivity contribution in [2.45, 2.75) is 20.4 Å². The SMILES string of the molecule is COc1ccc(-c2nc3ccccc3n2CCOc2cc(C)ccc2C)cc1OC. The van der Waals surface area contributed by atoms with E-state index in [2.05, 4.69) is 42.7 Å². The van der Waals surface area contributed by atoms with Gasteiger partial charge >= 0.3 is 0 Å². The van der Waals surface area contributed by atoms with E-state index < -0.39 is 0 Å². The van der Waals surface area contributed by atoms with E-state index in [0.29, 0.717) is 24.7 Å². The highest BCUT2D eigenvalue weighted by Crippen LogP contribution is 2.33. The van der Waals surface area contributed by atoms with E-state index in [1.165, 1.54) is 5.56 Å². The number of rotatable bonds is 7. The van der Waals surface area contributed by atoms with E-state index >= 15 is 0 Å². The molecular weight excluding hydrogens is 376 g/mol. The first-order chi connectivity index (χ1) is 14.6. The lowest BCUT2D eigenvalue weighted by Crippen LogP contribution is -2.10. The van der Waals surface area contributed by atoms with Gasteiger partial charge in [-0.2, -0.15) is 0 Å². The molecule has 4 rings (SSSR count). The Morgan fingerprint density at radius 1 is 0.833 bits per heavy atom. The van der Waals surface area contributed by atoms with E-state index in [-0.39, 0.29) is 0 Å². The fraction of sp³-hybridized carbons (Fsp3) is 0.240. The van der Waals surface area contributed by atoms with Crippen LogP contribution in [0.5, 0.6) is 17.2 Å². The van der Waals surface area contributed by atoms with Crippen LogP contribution < -0.4 is 14.2 Å². The van der Waals surface area contributed by atoms with Crippen LogP contribution in [0.15, 0.2) is 60.7 Å². The van der Waals surface area contributed by atoms with Gasteiger partial charge in [0.15, 0.2) is 11.5 Å². The minimum atomic E-state index is 0.547. The van der Waals surface area contributed by atoms with Gasteiger partial charge in [0, 0.05) is 5.56 Å². The maximum atomic E-state index is 6.12. The van der Waals surface area contributed by atoms with Crippen molar-refractivity contribution >= 4 is 11.0 Å². The van der Waals surface area contributed by atoms with Crippen molar-refractivity contribution in [1.29, 1.82) is 0 Å². The molecule has 0 bridgehead atoms. The number of aromatic nitrogens is 2. The lowest BCUT2D eigenvalue weighted by atomic mass is 10.1. The van der Waals surface area contributed by atoms with E-state index in [9.17, 15) is 0 Å². The van der Waals surface area contributed by atoms with Gasteiger partial charge in [-0.15, -0.1) is 0 Å². The summed E-state index contributed by atoms with van der Waals surface area (Å²) >= 11 is 0. The first-order valence-electron chi connectivity index (χ1n) is 9.98. The van der Waals surface area contributed by atoms with Crippen LogP contribution in [0.2, 0.25) is 0 Å². The molecule has 0 N–H and O–H groups in total. The Balaban J connectivity index is 1.68. The summed E-state index contributed by atoms with van der Waals surface area (Å²) in [5.41, 5.74) is 5.32. The number of aryl methyl sites for hydroxylation is 2. The highest BCUT2D eigenvalue weighted by Gasteiger charge is 2.15. The molecule has 1 heterocycles. The van der Waals surface area contributed by atoms with Crippen molar-refractivity contribution in [3.63, 3.8) is 0 Å². The monoisotopic (exact) mass is 402 g/mol. The molecule has 0 amide bonds. The second-order valence-corrected chi connectivity index (χ2v) is 7.26. The maximum absolute atomic E-state index is 6.12. The second kappa shape index (κ2) is 8.49. The average Bonchev–Trinajstić information content (AvgIpc) is 3.14. The number of benzene rings is 3. The van der Waals surface area contributed by atoms with Gasteiger partial charge in [0.2, 0.25) is 0 Å². The van der Waals surface area contributed by atoms with Gasteiger partial charge in [-0.05, 0) is 61.4 Å². The summed E-state index contributed by atoms with van der Waals surface area (Å²) in [4.78, 5) is 4.88. The number of nitrogens with zero attached hydrogens (tertiary/aromatic N) is 2. The van der Waals surface area contributed by atoms with Crippen LogP contribution in [0.4, 0.5) is 0 Å². The van der Waals surface area contributed by atoms with Crippen LogP contribution in [-0.4, -0.2) is 30.4 Å². The lowest BCUT2D eigenvalue weighted by Gasteiger charge is -2.14. The zero-order chi connectivity index (χ0) is 21.1. The Morgan fingerprint density at radius 2 is 1.63 bits per heavy atom. The molecule has 0 fully saturated rings. The smallest absolute Gasteiger partial charge is 0.161 e. The van der Waals surface area contributed by atoms with Crippen LogP contribution in [0.1, 0.15) is 11.1 Å². The Morgan fingerprint density at radius 3 is 2.43 bits per heavy atom. The van der Waals surface area contributed by atoms with Crippen molar-refractivity contribution in [1.82, 2.24) is 9.55 Å². The summed E-state index contributed by atoms with van der Waals surface area (Å²) in [6.45, 7) is 5.36. The summed E-state index contributed by atoms with van der Waals surface area (Å²) in [6.07, 6.45) is 0. The van der Waals surface area contributed by atoms with Crippen LogP contribution in [0, 0.1) is 13.8 Å². The third kappa shape index (κ3) is 3.83. The topological polar surface area (TPSA) is 45.5 Å². The van der Waals surface area contributed by atoms with E-state index in [4.69, 9.17) is 19.2 Å². The maximum Gasteiger partial charge on any atom is 0.161 e. The molecule has 0 saturated carbocycles. The summed E-state index contributed by atoms with van der Waals surface area (Å²) in [7, 11) is 3.28. The molecule has 1 aromatic heterocycles. The Bertz CT molecular complexity index is 1180. The van der Waals surface area contributed by atoms with Crippen molar-refractivity contribution in [3.05, 3.63) is 71.8 Å². The molecule has 0 unspecified atom stereocenters. The van der Waals surface area contributed by atoms with E-state index in [1.54, 1.807) is 14.2 Å². The van der Waals surface area contributed by atoms with E-state index in [1.807, 2.05) is 36.4 Å². The molecule has 0 aliphatic rings. The number of hydrogen-bond donors (Lipinski definition) is 0. The zero-order valence-electron chi connectivity index (χ0n) is 17.8. The molecule has 4 aromatic rings. The summed E-state index contributed by atoms with van der Waals surface area (Å²) < 4.78 is 19.2. The lowest BCUT2D eigenvalue weighted by molar-refractivity contribution is 0.299. The molecule has 0 spiro atoms. The van der Waals surface area contributed by atoms with Crippen molar-refractivity contribution in [2.75, 3.05) is 20.8 Å². The number of fused-ring (bicyclic) bond motifs is 1. The Hall–Kier alpha value is -3.47. The molecule has 0 aliphatic heterocycles. The van der Waals surface area contributed by atoms with Gasteiger partial charge < -0.3 is 18.8 Å². The minimum Gasteiger partial charge on any atom is -0.493 e. The highest BCUT2D eigenvalue weighted by atomic mass is 16.5. The number of imidazole rings is 1. The minimum absolute atomic E-state index is 0.547. The molecule has 0 aliphatic carbocycles. The van der Waals surface area contributed by atoms with Crippen molar-refractivity contribution < 1.29 is 14.2 Å². The predicted octanol–water partition coefficient (Wildman–Crippen LogP) is 5.42.